The van der Waals surface area contributed by atoms with Gasteiger partial charge in [-0.05, 0) is 68.3 Å². The molecule has 0 saturated carbocycles. The zero-order valence-corrected chi connectivity index (χ0v) is 18.7. The van der Waals surface area contributed by atoms with Crippen LogP contribution in [-0.4, -0.2) is 31.8 Å². The second-order valence-corrected chi connectivity index (χ2v) is 6.85. The van der Waals surface area contributed by atoms with Crippen molar-refractivity contribution in [2.24, 2.45) is 0 Å². The second kappa shape index (κ2) is 13.0. The first-order chi connectivity index (χ1) is 15.5. The molecule has 0 atom stereocenters. The number of nitrogens with zero attached hydrogens (tertiary/aromatic N) is 1. The van der Waals surface area contributed by atoms with E-state index in [0.29, 0.717) is 41.7 Å². The Balaban J connectivity index is 1.97. The number of ether oxygens (including phenoxy) is 4. The van der Waals surface area contributed by atoms with Crippen molar-refractivity contribution in [3.05, 3.63) is 58.6 Å². The van der Waals surface area contributed by atoms with Crippen LogP contribution in [0, 0.1) is 11.3 Å². The Morgan fingerprint density at radius 2 is 1.78 bits per heavy atom. The molecular formula is C24H24ClNO6. The summed E-state index contributed by atoms with van der Waals surface area (Å²) >= 11 is 5.83. The molecule has 168 valence electrons. The monoisotopic (exact) mass is 457 g/mol. The first-order valence-corrected chi connectivity index (χ1v) is 10.5. The molecule has 2 aromatic carbocycles. The number of nitriles is 1. The lowest BCUT2D eigenvalue weighted by molar-refractivity contribution is -0.138. The molecule has 2 rings (SSSR count). The molecule has 0 aliphatic heterocycles. The van der Waals surface area contributed by atoms with Gasteiger partial charge in [-0.1, -0.05) is 17.7 Å². The van der Waals surface area contributed by atoms with Gasteiger partial charge in [0, 0.05) is 11.4 Å². The highest BCUT2D eigenvalue weighted by Crippen LogP contribution is 2.30. The lowest BCUT2D eigenvalue weighted by Crippen LogP contribution is -2.11. The average molecular weight is 458 g/mol. The van der Waals surface area contributed by atoms with Crippen LogP contribution in [0.1, 0.15) is 32.3 Å². The number of esters is 2. The number of halogens is 1. The fourth-order valence-electron chi connectivity index (χ4n) is 2.59. The van der Waals surface area contributed by atoms with Crippen LogP contribution in [0.25, 0.3) is 6.08 Å². The molecule has 0 unspecified atom stereocenters. The Morgan fingerprint density at radius 3 is 2.44 bits per heavy atom. The van der Waals surface area contributed by atoms with Crippen molar-refractivity contribution < 1.29 is 28.5 Å². The Hall–Kier alpha value is -3.50. The highest BCUT2D eigenvalue weighted by molar-refractivity contribution is 6.30. The quantitative estimate of drug-likeness (QED) is 0.154. The van der Waals surface area contributed by atoms with Crippen molar-refractivity contribution in [3.8, 4) is 23.3 Å². The first kappa shape index (κ1) is 24.8. The first-order valence-electron chi connectivity index (χ1n) is 10.1. The maximum Gasteiger partial charge on any atom is 0.348 e. The Morgan fingerprint density at radius 1 is 1.03 bits per heavy atom. The Kier molecular flexibility index (Phi) is 10.1. The van der Waals surface area contributed by atoms with Crippen molar-refractivity contribution in [3.63, 3.8) is 0 Å². The third kappa shape index (κ3) is 7.97. The van der Waals surface area contributed by atoms with Crippen molar-refractivity contribution >= 4 is 29.6 Å². The van der Waals surface area contributed by atoms with Crippen molar-refractivity contribution in [1.29, 1.82) is 5.26 Å². The average Bonchev–Trinajstić information content (AvgIpc) is 2.78. The molecule has 7 nitrogen and oxygen atoms in total. The molecule has 0 heterocycles. The molecule has 0 aromatic heterocycles. The zero-order chi connectivity index (χ0) is 23.3. The highest BCUT2D eigenvalue weighted by Gasteiger charge is 2.14. The van der Waals surface area contributed by atoms with E-state index >= 15 is 0 Å². The van der Waals surface area contributed by atoms with Gasteiger partial charge in [0.05, 0.1) is 19.8 Å². The van der Waals surface area contributed by atoms with E-state index < -0.39 is 11.9 Å². The van der Waals surface area contributed by atoms with Crippen LogP contribution in [0.4, 0.5) is 0 Å². The molecule has 0 saturated heterocycles. The predicted octanol–water partition coefficient (Wildman–Crippen LogP) is 4.97. The summed E-state index contributed by atoms with van der Waals surface area (Å²) in [4.78, 5) is 24.0. The van der Waals surface area contributed by atoms with Crippen LogP contribution in [0.3, 0.4) is 0 Å². The van der Waals surface area contributed by atoms with E-state index in [0.717, 1.165) is 0 Å². The van der Waals surface area contributed by atoms with E-state index in [1.165, 1.54) is 6.08 Å². The number of hydrogen-bond acceptors (Lipinski definition) is 7. The molecule has 8 heteroatoms. The Labute approximate surface area is 192 Å². The van der Waals surface area contributed by atoms with Gasteiger partial charge in [0.25, 0.3) is 0 Å². The molecule has 32 heavy (non-hydrogen) atoms. The third-order valence-corrected chi connectivity index (χ3v) is 4.28. The van der Waals surface area contributed by atoms with Gasteiger partial charge in [-0.3, -0.25) is 4.79 Å². The van der Waals surface area contributed by atoms with Gasteiger partial charge < -0.3 is 18.9 Å². The smallest absolute Gasteiger partial charge is 0.348 e. The summed E-state index contributed by atoms with van der Waals surface area (Å²) in [5.74, 6) is 0.113. The maximum atomic E-state index is 12.2. The summed E-state index contributed by atoms with van der Waals surface area (Å²) in [5, 5.41) is 9.80. The normalized spacial score (nSPS) is 10.8. The highest BCUT2D eigenvalue weighted by atomic mass is 35.5. The molecule has 0 radical (unpaired) electrons. The van der Waals surface area contributed by atoms with Crippen LogP contribution in [0.2, 0.25) is 5.02 Å². The molecular weight excluding hydrogens is 434 g/mol. The minimum atomic E-state index is -0.704. The minimum absolute atomic E-state index is 0.139. The van der Waals surface area contributed by atoms with E-state index in [4.69, 9.17) is 30.5 Å². The third-order valence-electron chi connectivity index (χ3n) is 4.03. The summed E-state index contributed by atoms with van der Waals surface area (Å²) in [6.45, 7) is 4.31. The number of rotatable bonds is 11. The maximum absolute atomic E-state index is 12.2. The molecule has 0 aliphatic carbocycles. The largest absolute Gasteiger partial charge is 0.494 e. The summed E-state index contributed by atoms with van der Waals surface area (Å²) in [6, 6.07) is 13.5. The molecule has 0 bridgehead atoms. The van der Waals surface area contributed by atoms with Gasteiger partial charge in [0.15, 0.2) is 11.5 Å². The standard InChI is InChI=1S/C24H24ClNO6/c1-3-29-22-15-17(14-18(16-26)24(28)30-4-2)7-12-21(22)32-23(27)6-5-13-31-20-10-8-19(25)9-11-20/h7-12,14-15H,3-6,13H2,1-2H3. The summed E-state index contributed by atoms with van der Waals surface area (Å²) < 4.78 is 21.4. The number of hydrogen-bond donors (Lipinski definition) is 0. The molecule has 0 aliphatic rings. The number of carbonyl (C=O) groups excluding carboxylic acids is 2. The zero-order valence-electron chi connectivity index (χ0n) is 17.9. The SMILES string of the molecule is CCOC(=O)C(C#N)=Cc1ccc(OC(=O)CCCOc2ccc(Cl)cc2)c(OCC)c1. The van der Waals surface area contributed by atoms with Crippen molar-refractivity contribution in [1.82, 2.24) is 0 Å². The van der Waals surface area contributed by atoms with Crippen LogP contribution < -0.4 is 14.2 Å². The van der Waals surface area contributed by atoms with E-state index in [-0.39, 0.29) is 24.4 Å². The number of carbonyl (C=O) groups is 2. The second-order valence-electron chi connectivity index (χ2n) is 6.41. The van der Waals surface area contributed by atoms with Crippen molar-refractivity contribution in [2.45, 2.75) is 26.7 Å². The van der Waals surface area contributed by atoms with E-state index in [2.05, 4.69) is 0 Å². The van der Waals surface area contributed by atoms with E-state index in [1.54, 1.807) is 56.3 Å². The minimum Gasteiger partial charge on any atom is -0.494 e. The Bertz CT molecular complexity index is 995. The lowest BCUT2D eigenvalue weighted by Gasteiger charge is -2.12. The lowest BCUT2D eigenvalue weighted by atomic mass is 10.1. The van der Waals surface area contributed by atoms with E-state index in [9.17, 15) is 14.9 Å². The predicted molar refractivity (Wildman–Crippen MR) is 120 cm³/mol. The van der Waals surface area contributed by atoms with Gasteiger partial charge in [0.2, 0.25) is 0 Å². The fraction of sp³-hybridized carbons (Fsp3) is 0.292. The molecule has 0 fully saturated rings. The molecule has 0 amide bonds. The summed E-state index contributed by atoms with van der Waals surface area (Å²) in [5.41, 5.74) is 0.397. The number of benzene rings is 2. The molecule has 0 spiro atoms. The fourth-order valence-corrected chi connectivity index (χ4v) is 2.72. The summed E-state index contributed by atoms with van der Waals surface area (Å²) in [7, 11) is 0. The summed E-state index contributed by atoms with van der Waals surface area (Å²) in [6.07, 6.45) is 2.01. The van der Waals surface area contributed by atoms with Crippen LogP contribution in [-0.2, 0) is 14.3 Å². The van der Waals surface area contributed by atoms with Crippen LogP contribution >= 0.6 is 11.6 Å². The van der Waals surface area contributed by atoms with Gasteiger partial charge in [-0.15, -0.1) is 0 Å². The van der Waals surface area contributed by atoms with Gasteiger partial charge in [-0.25, -0.2) is 4.79 Å². The van der Waals surface area contributed by atoms with Gasteiger partial charge in [-0.2, -0.15) is 5.26 Å². The van der Waals surface area contributed by atoms with Gasteiger partial charge >= 0.3 is 11.9 Å². The topological polar surface area (TPSA) is 94.9 Å². The van der Waals surface area contributed by atoms with Gasteiger partial charge in [0.1, 0.15) is 17.4 Å². The van der Waals surface area contributed by atoms with Crippen LogP contribution in [0.15, 0.2) is 48.0 Å². The molecule has 0 N–H and O–H groups in total. The van der Waals surface area contributed by atoms with Crippen LogP contribution in [0.5, 0.6) is 17.2 Å². The molecule has 2 aromatic rings. The van der Waals surface area contributed by atoms with E-state index in [1.807, 2.05) is 6.07 Å². The van der Waals surface area contributed by atoms with Crippen molar-refractivity contribution in [2.75, 3.05) is 19.8 Å².